The van der Waals surface area contributed by atoms with E-state index in [4.69, 9.17) is 23.2 Å². The number of halogens is 2. The predicted molar refractivity (Wildman–Crippen MR) is 88.4 cm³/mol. The Kier molecular flexibility index (Phi) is 3.82. The molecule has 104 valence electrons. The van der Waals surface area contributed by atoms with Gasteiger partial charge in [-0.3, -0.25) is 4.79 Å². The average Bonchev–Trinajstić information content (AvgIpc) is 2.50. The summed E-state index contributed by atoms with van der Waals surface area (Å²) < 4.78 is 0. The topological polar surface area (TPSA) is 29.1 Å². The van der Waals surface area contributed by atoms with Crippen molar-refractivity contribution in [3.63, 3.8) is 0 Å². The van der Waals surface area contributed by atoms with Crippen molar-refractivity contribution in [2.24, 2.45) is 0 Å². The van der Waals surface area contributed by atoms with Gasteiger partial charge in [-0.1, -0.05) is 53.5 Å². The summed E-state index contributed by atoms with van der Waals surface area (Å²) in [5, 5.41) is 5.85. The van der Waals surface area contributed by atoms with Crippen LogP contribution in [0.5, 0.6) is 0 Å². The van der Waals surface area contributed by atoms with Gasteiger partial charge in [-0.15, -0.1) is 0 Å². The third kappa shape index (κ3) is 3.02. The van der Waals surface area contributed by atoms with Gasteiger partial charge in [0.2, 0.25) is 0 Å². The van der Waals surface area contributed by atoms with Crippen LogP contribution in [0.15, 0.2) is 60.7 Å². The second kappa shape index (κ2) is 5.76. The highest BCUT2D eigenvalue weighted by Gasteiger charge is 2.08. The van der Waals surface area contributed by atoms with Crippen molar-refractivity contribution in [2.75, 3.05) is 5.32 Å². The maximum absolute atomic E-state index is 12.2. The zero-order chi connectivity index (χ0) is 14.8. The van der Waals surface area contributed by atoms with Crippen LogP contribution in [0.4, 0.5) is 5.69 Å². The quantitative estimate of drug-likeness (QED) is 0.674. The normalized spacial score (nSPS) is 10.6. The van der Waals surface area contributed by atoms with E-state index >= 15 is 0 Å². The van der Waals surface area contributed by atoms with Crippen molar-refractivity contribution in [1.82, 2.24) is 0 Å². The highest BCUT2D eigenvalue weighted by Crippen LogP contribution is 2.24. The number of carbonyl (C=O) groups excluding carboxylic acids is 1. The van der Waals surface area contributed by atoms with Crippen LogP contribution in [0.25, 0.3) is 10.8 Å². The van der Waals surface area contributed by atoms with Crippen molar-refractivity contribution in [3.8, 4) is 0 Å². The number of benzene rings is 3. The Balaban J connectivity index is 1.87. The maximum atomic E-state index is 12.2. The van der Waals surface area contributed by atoms with Crippen LogP contribution >= 0.6 is 23.2 Å². The molecule has 0 spiro atoms. The van der Waals surface area contributed by atoms with E-state index in [1.54, 1.807) is 18.2 Å². The van der Waals surface area contributed by atoms with Crippen molar-refractivity contribution < 1.29 is 4.79 Å². The fourth-order valence-electron chi connectivity index (χ4n) is 2.11. The van der Waals surface area contributed by atoms with Crippen molar-refractivity contribution in [3.05, 3.63) is 76.3 Å². The Bertz CT molecular complexity index is 830. The molecule has 0 saturated heterocycles. The number of amides is 1. The molecule has 0 atom stereocenters. The molecular weight excluding hydrogens is 305 g/mol. The first kappa shape index (κ1) is 13.9. The molecule has 3 aromatic rings. The summed E-state index contributed by atoms with van der Waals surface area (Å²) in [6, 6.07) is 18.6. The number of nitrogens with one attached hydrogen (secondary N) is 1. The van der Waals surface area contributed by atoms with Crippen molar-refractivity contribution >= 4 is 45.6 Å². The largest absolute Gasteiger partial charge is 0.322 e. The minimum absolute atomic E-state index is 0.219. The van der Waals surface area contributed by atoms with Crippen LogP contribution in [0.3, 0.4) is 0 Å². The van der Waals surface area contributed by atoms with Crippen molar-refractivity contribution in [2.45, 2.75) is 0 Å². The van der Waals surface area contributed by atoms with E-state index in [9.17, 15) is 4.79 Å². The van der Waals surface area contributed by atoms with Gasteiger partial charge in [0.15, 0.2) is 0 Å². The molecule has 0 fully saturated rings. The van der Waals surface area contributed by atoms with Crippen LogP contribution in [0.2, 0.25) is 10.0 Å². The molecule has 0 aliphatic rings. The first-order chi connectivity index (χ1) is 10.1. The fraction of sp³-hybridized carbons (Fsp3) is 0. The summed E-state index contributed by atoms with van der Waals surface area (Å²) in [7, 11) is 0. The lowest BCUT2D eigenvalue weighted by Gasteiger charge is -2.07. The Morgan fingerprint density at radius 1 is 0.810 bits per heavy atom. The minimum Gasteiger partial charge on any atom is -0.322 e. The number of hydrogen-bond donors (Lipinski definition) is 1. The highest BCUT2D eigenvalue weighted by molar-refractivity contribution is 6.42. The van der Waals surface area contributed by atoms with Crippen LogP contribution < -0.4 is 5.32 Å². The van der Waals surface area contributed by atoms with Gasteiger partial charge in [0, 0.05) is 11.3 Å². The molecular formula is C17H11Cl2NO. The lowest BCUT2D eigenvalue weighted by atomic mass is 10.1. The molecule has 3 aromatic carbocycles. The molecule has 3 rings (SSSR count). The van der Waals surface area contributed by atoms with Gasteiger partial charge in [-0.25, -0.2) is 0 Å². The number of carbonyl (C=O) groups is 1. The van der Waals surface area contributed by atoms with Crippen LogP contribution in [0, 0.1) is 0 Å². The molecule has 0 saturated carbocycles. The third-order valence-electron chi connectivity index (χ3n) is 3.19. The molecule has 1 N–H and O–H groups in total. The Morgan fingerprint density at radius 2 is 1.57 bits per heavy atom. The van der Waals surface area contributed by atoms with Gasteiger partial charge >= 0.3 is 0 Å². The molecule has 0 aliphatic carbocycles. The van der Waals surface area contributed by atoms with E-state index in [0.717, 1.165) is 16.5 Å². The van der Waals surface area contributed by atoms with Crippen molar-refractivity contribution in [1.29, 1.82) is 0 Å². The molecule has 0 bridgehead atoms. The molecule has 2 nitrogen and oxygen atoms in total. The zero-order valence-corrected chi connectivity index (χ0v) is 12.4. The molecule has 4 heteroatoms. The number of anilines is 1. The van der Waals surface area contributed by atoms with Gasteiger partial charge in [0.05, 0.1) is 10.0 Å². The van der Waals surface area contributed by atoms with Gasteiger partial charge < -0.3 is 5.32 Å². The SMILES string of the molecule is O=C(Nc1ccc2ccccc2c1)c1ccc(Cl)c(Cl)c1. The van der Waals surface area contributed by atoms with Crippen LogP contribution in [-0.4, -0.2) is 5.91 Å². The third-order valence-corrected chi connectivity index (χ3v) is 3.93. The van der Waals surface area contributed by atoms with Gasteiger partial charge in [-0.05, 0) is 41.1 Å². The maximum Gasteiger partial charge on any atom is 0.255 e. The van der Waals surface area contributed by atoms with E-state index in [0.29, 0.717) is 15.6 Å². The minimum atomic E-state index is -0.219. The number of hydrogen-bond acceptors (Lipinski definition) is 1. The molecule has 0 unspecified atom stereocenters. The first-order valence-corrected chi connectivity index (χ1v) is 7.14. The van der Waals surface area contributed by atoms with E-state index in [1.807, 2.05) is 42.5 Å². The second-order valence-electron chi connectivity index (χ2n) is 4.64. The molecule has 0 aromatic heterocycles. The Hall–Kier alpha value is -2.03. The van der Waals surface area contributed by atoms with Gasteiger partial charge in [0.1, 0.15) is 0 Å². The Morgan fingerprint density at radius 3 is 2.33 bits per heavy atom. The molecule has 21 heavy (non-hydrogen) atoms. The van der Waals surface area contributed by atoms with Gasteiger partial charge in [-0.2, -0.15) is 0 Å². The molecule has 1 amide bonds. The van der Waals surface area contributed by atoms with E-state index < -0.39 is 0 Å². The Labute approximate surface area is 132 Å². The van der Waals surface area contributed by atoms with Crippen LogP contribution in [-0.2, 0) is 0 Å². The number of fused-ring (bicyclic) bond motifs is 1. The number of rotatable bonds is 2. The van der Waals surface area contributed by atoms with E-state index in [2.05, 4.69) is 5.32 Å². The summed E-state index contributed by atoms with van der Waals surface area (Å²) in [5.74, 6) is -0.219. The smallest absolute Gasteiger partial charge is 0.255 e. The lowest BCUT2D eigenvalue weighted by molar-refractivity contribution is 0.102. The summed E-state index contributed by atoms with van der Waals surface area (Å²) in [6.07, 6.45) is 0. The summed E-state index contributed by atoms with van der Waals surface area (Å²) in [6.45, 7) is 0. The lowest BCUT2D eigenvalue weighted by Crippen LogP contribution is -2.11. The summed E-state index contributed by atoms with van der Waals surface area (Å²) in [5.41, 5.74) is 1.21. The monoisotopic (exact) mass is 315 g/mol. The van der Waals surface area contributed by atoms with E-state index in [1.165, 1.54) is 0 Å². The standard InChI is InChI=1S/C17H11Cl2NO/c18-15-8-6-13(10-16(15)19)17(21)20-14-7-5-11-3-1-2-4-12(11)9-14/h1-10H,(H,20,21). The van der Waals surface area contributed by atoms with Gasteiger partial charge in [0.25, 0.3) is 5.91 Å². The fourth-order valence-corrected chi connectivity index (χ4v) is 2.41. The zero-order valence-electron chi connectivity index (χ0n) is 10.9. The molecule has 0 heterocycles. The molecule has 0 radical (unpaired) electrons. The first-order valence-electron chi connectivity index (χ1n) is 6.39. The van der Waals surface area contributed by atoms with E-state index in [-0.39, 0.29) is 5.91 Å². The summed E-state index contributed by atoms with van der Waals surface area (Å²) in [4.78, 5) is 12.2. The molecule has 0 aliphatic heterocycles. The summed E-state index contributed by atoms with van der Waals surface area (Å²) >= 11 is 11.8. The second-order valence-corrected chi connectivity index (χ2v) is 5.46. The average molecular weight is 316 g/mol. The van der Waals surface area contributed by atoms with Crippen LogP contribution in [0.1, 0.15) is 10.4 Å². The predicted octanol–water partition coefficient (Wildman–Crippen LogP) is 5.40. The highest BCUT2D eigenvalue weighted by atomic mass is 35.5.